The molecular weight excluding hydrogens is 480 g/mol. The van der Waals surface area contributed by atoms with Crippen LogP contribution in [-0.2, 0) is 24.8 Å². The van der Waals surface area contributed by atoms with Crippen LogP contribution in [0.25, 0.3) is 22.4 Å². The van der Waals surface area contributed by atoms with Crippen molar-refractivity contribution in [3.63, 3.8) is 0 Å². The summed E-state index contributed by atoms with van der Waals surface area (Å²) in [6.45, 7) is 13.5. The van der Waals surface area contributed by atoms with Crippen molar-refractivity contribution in [2.75, 3.05) is 39.3 Å². The van der Waals surface area contributed by atoms with Crippen molar-refractivity contribution < 1.29 is 9.29 Å². The van der Waals surface area contributed by atoms with Crippen molar-refractivity contribution in [3.8, 4) is 17.1 Å². The van der Waals surface area contributed by atoms with Crippen LogP contribution >= 0.6 is 12.2 Å². The van der Waals surface area contributed by atoms with Crippen molar-refractivity contribution in [1.29, 1.82) is 0 Å². The molecule has 35 heavy (non-hydrogen) atoms. The standard InChI is InChI=1S/C25H36N6O2S2/c1-6-8-20-22-23(29(5)28-20)25(34)27-24(26-22)19-15-18(9-10-21(19)33-16-17(3)4)35(32)31-13-11-30(7-2)12-14-31/h9-10,15,17H,6-8,11-14,16H2,1-5H3,(H,26,27,34). The molecule has 10 heteroatoms. The van der Waals surface area contributed by atoms with E-state index >= 15 is 0 Å². The maximum atomic E-state index is 13.5. The maximum absolute atomic E-state index is 13.5. The second kappa shape index (κ2) is 11.4. The lowest BCUT2D eigenvalue weighted by Crippen LogP contribution is -2.48. The zero-order valence-corrected chi connectivity index (χ0v) is 23.0. The Kier molecular flexibility index (Phi) is 8.49. The molecule has 0 amide bonds. The largest absolute Gasteiger partial charge is 0.593 e. The number of piperazine rings is 1. The Morgan fingerprint density at radius 1 is 1.20 bits per heavy atom. The highest BCUT2D eigenvalue weighted by Gasteiger charge is 2.28. The lowest BCUT2D eigenvalue weighted by Gasteiger charge is -2.33. The second-order valence-electron chi connectivity index (χ2n) is 9.41. The first-order chi connectivity index (χ1) is 16.8. The summed E-state index contributed by atoms with van der Waals surface area (Å²) in [5.74, 6) is 1.69. The van der Waals surface area contributed by atoms with E-state index in [4.69, 9.17) is 21.9 Å². The minimum absolute atomic E-state index is 0.370. The fourth-order valence-corrected chi connectivity index (χ4v) is 5.85. The molecule has 0 spiro atoms. The van der Waals surface area contributed by atoms with Gasteiger partial charge in [0.25, 0.3) is 0 Å². The predicted octanol–water partition coefficient (Wildman–Crippen LogP) is 4.34. The Labute approximate surface area is 216 Å². The normalized spacial score (nSPS) is 16.3. The van der Waals surface area contributed by atoms with E-state index in [1.54, 1.807) is 4.68 Å². The van der Waals surface area contributed by atoms with Gasteiger partial charge < -0.3 is 19.2 Å². The molecule has 1 saturated heterocycles. The smallest absolute Gasteiger partial charge is 0.175 e. The molecule has 1 aliphatic rings. The summed E-state index contributed by atoms with van der Waals surface area (Å²) in [5.41, 5.74) is 3.34. The van der Waals surface area contributed by atoms with Gasteiger partial charge in [-0.25, -0.2) is 4.98 Å². The minimum Gasteiger partial charge on any atom is -0.593 e. The van der Waals surface area contributed by atoms with E-state index < -0.39 is 11.4 Å². The Bertz CT molecular complexity index is 1220. The van der Waals surface area contributed by atoms with Crippen LogP contribution in [-0.4, -0.2) is 72.8 Å². The molecule has 1 aliphatic heterocycles. The number of ether oxygens (including phenoxy) is 1. The average molecular weight is 517 g/mol. The van der Waals surface area contributed by atoms with Crippen molar-refractivity contribution in [2.24, 2.45) is 13.0 Å². The highest BCUT2D eigenvalue weighted by Crippen LogP contribution is 2.33. The maximum Gasteiger partial charge on any atom is 0.175 e. The number of H-pyrrole nitrogens is 1. The zero-order valence-electron chi connectivity index (χ0n) is 21.3. The Balaban J connectivity index is 1.76. The second-order valence-corrected chi connectivity index (χ2v) is 11.3. The number of rotatable bonds is 9. The molecule has 0 bridgehead atoms. The van der Waals surface area contributed by atoms with Crippen molar-refractivity contribution in [1.82, 2.24) is 29.0 Å². The lowest BCUT2D eigenvalue weighted by atomic mass is 10.1. The number of fused-ring (bicyclic) bond motifs is 1. The van der Waals surface area contributed by atoms with Crippen LogP contribution in [0.2, 0.25) is 0 Å². The van der Waals surface area contributed by atoms with E-state index in [2.05, 4.69) is 42.7 Å². The number of benzene rings is 1. The molecule has 190 valence electrons. The number of nitrogens with one attached hydrogen (secondary N) is 1. The van der Waals surface area contributed by atoms with Crippen LogP contribution in [0, 0.1) is 10.6 Å². The van der Waals surface area contributed by atoms with E-state index in [0.29, 0.717) is 28.7 Å². The highest BCUT2D eigenvalue weighted by molar-refractivity contribution is 7.89. The first kappa shape index (κ1) is 26.1. The zero-order chi connectivity index (χ0) is 25.1. The summed E-state index contributed by atoms with van der Waals surface area (Å²) < 4.78 is 24.1. The Morgan fingerprint density at radius 3 is 2.60 bits per heavy atom. The van der Waals surface area contributed by atoms with Gasteiger partial charge in [0.1, 0.15) is 27.2 Å². The number of nitrogens with zero attached hydrogens (tertiary/aromatic N) is 5. The molecule has 1 N–H and O–H groups in total. The number of aryl methyl sites for hydroxylation is 2. The summed E-state index contributed by atoms with van der Waals surface area (Å²) in [6.07, 6.45) is 1.80. The van der Waals surface area contributed by atoms with Crippen LogP contribution in [0.5, 0.6) is 5.75 Å². The number of aromatic amines is 1. The average Bonchev–Trinajstić information content (AvgIpc) is 3.17. The van der Waals surface area contributed by atoms with E-state index in [0.717, 1.165) is 72.8 Å². The van der Waals surface area contributed by atoms with Gasteiger partial charge in [0.2, 0.25) is 0 Å². The minimum atomic E-state index is -1.26. The Morgan fingerprint density at radius 2 is 1.94 bits per heavy atom. The lowest BCUT2D eigenvalue weighted by molar-refractivity contribution is 0.196. The van der Waals surface area contributed by atoms with Gasteiger partial charge in [-0.3, -0.25) is 4.68 Å². The molecule has 8 nitrogen and oxygen atoms in total. The number of aromatic nitrogens is 4. The van der Waals surface area contributed by atoms with Gasteiger partial charge in [0.05, 0.1) is 42.3 Å². The summed E-state index contributed by atoms with van der Waals surface area (Å²) >= 11 is 4.45. The van der Waals surface area contributed by atoms with Gasteiger partial charge in [-0.05, 0) is 31.0 Å². The molecule has 0 radical (unpaired) electrons. The van der Waals surface area contributed by atoms with E-state index in [1.807, 2.05) is 29.6 Å². The van der Waals surface area contributed by atoms with Crippen molar-refractivity contribution >= 4 is 34.6 Å². The predicted molar refractivity (Wildman–Crippen MR) is 144 cm³/mol. The molecule has 1 atom stereocenters. The quantitative estimate of drug-likeness (QED) is 0.334. The summed E-state index contributed by atoms with van der Waals surface area (Å²) in [5, 5.41) is 4.65. The van der Waals surface area contributed by atoms with Crippen molar-refractivity contribution in [3.05, 3.63) is 28.5 Å². The number of hydrogen-bond acceptors (Lipinski definition) is 7. The topological polar surface area (TPSA) is 85.3 Å². The molecular formula is C25H36N6O2S2. The van der Waals surface area contributed by atoms with Crippen LogP contribution in [0.1, 0.15) is 39.8 Å². The van der Waals surface area contributed by atoms with Crippen LogP contribution < -0.4 is 4.74 Å². The molecule has 0 aliphatic carbocycles. The van der Waals surface area contributed by atoms with Gasteiger partial charge in [-0.15, -0.1) is 4.31 Å². The van der Waals surface area contributed by atoms with Gasteiger partial charge >= 0.3 is 0 Å². The third kappa shape index (κ3) is 5.72. The van der Waals surface area contributed by atoms with Crippen LogP contribution in [0.3, 0.4) is 0 Å². The van der Waals surface area contributed by atoms with E-state index in [9.17, 15) is 4.55 Å². The van der Waals surface area contributed by atoms with Crippen molar-refractivity contribution in [2.45, 2.75) is 45.4 Å². The molecule has 4 rings (SSSR count). The number of hydrogen-bond donors (Lipinski definition) is 1. The molecule has 0 saturated carbocycles. The molecule has 1 unspecified atom stereocenters. The number of likely N-dealkylation sites (N-methyl/N-ethyl adjacent to an activating group) is 1. The van der Waals surface area contributed by atoms with Crippen LogP contribution in [0.15, 0.2) is 23.1 Å². The summed E-state index contributed by atoms with van der Waals surface area (Å²) in [7, 11) is 1.89. The van der Waals surface area contributed by atoms with E-state index in [1.165, 1.54) is 0 Å². The molecule has 1 aromatic carbocycles. The van der Waals surface area contributed by atoms with Gasteiger partial charge in [-0.1, -0.05) is 46.3 Å². The molecule has 2 aromatic heterocycles. The molecule has 3 heterocycles. The monoisotopic (exact) mass is 516 g/mol. The fraction of sp³-hybridized carbons (Fsp3) is 0.560. The highest BCUT2D eigenvalue weighted by atomic mass is 32.2. The van der Waals surface area contributed by atoms with E-state index in [-0.39, 0.29) is 0 Å². The Hall–Kier alpha value is -1.98. The molecule has 3 aromatic rings. The molecule has 1 fully saturated rings. The third-order valence-corrected chi connectivity index (χ3v) is 8.03. The van der Waals surface area contributed by atoms with Crippen LogP contribution in [0.4, 0.5) is 0 Å². The first-order valence-corrected chi connectivity index (χ1v) is 14.0. The van der Waals surface area contributed by atoms with Gasteiger partial charge in [0, 0.05) is 26.2 Å². The summed E-state index contributed by atoms with van der Waals surface area (Å²) in [4.78, 5) is 11.4. The summed E-state index contributed by atoms with van der Waals surface area (Å²) in [6, 6.07) is 5.75. The SMILES string of the molecule is CCCc1nn(C)c2c(=S)[nH]c(-c3cc([S+]([O-])N4CCN(CC)CC4)ccc3OCC(C)C)nc12. The fourth-order valence-electron chi connectivity index (χ4n) is 4.33. The van der Waals surface area contributed by atoms with Gasteiger partial charge in [-0.2, -0.15) is 5.10 Å². The first-order valence-electron chi connectivity index (χ1n) is 12.4. The third-order valence-electron chi connectivity index (χ3n) is 6.24. The van der Waals surface area contributed by atoms with Gasteiger partial charge in [0.15, 0.2) is 4.90 Å².